The third kappa shape index (κ3) is 3.06. The van der Waals surface area contributed by atoms with Gasteiger partial charge < -0.3 is 19.5 Å². The molecule has 1 saturated heterocycles. The summed E-state index contributed by atoms with van der Waals surface area (Å²) >= 11 is 0. The molecule has 1 aliphatic heterocycles. The summed E-state index contributed by atoms with van der Waals surface area (Å²) in [6.07, 6.45) is 2.97. The standard InChI is InChI=1S/C15H20BNO5/c1-14(2)15(3,4)22-16(21-14)11(9-18)8-10-6-5-7-17-12(10)13(19)20/h5-8,18H,9H2,1-4H3,(H,19,20). The number of carbonyl (C=O) groups is 1. The normalized spacial score (nSPS) is 20.2. The first-order valence-corrected chi connectivity index (χ1v) is 7.03. The maximum atomic E-state index is 11.2. The predicted octanol–water partition coefficient (Wildman–Crippen LogP) is 1.79. The van der Waals surface area contributed by atoms with Crippen molar-refractivity contribution in [2.75, 3.05) is 6.61 Å². The summed E-state index contributed by atoms with van der Waals surface area (Å²) in [7, 11) is -0.725. The Bertz CT molecular complexity index is 596. The summed E-state index contributed by atoms with van der Waals surface area (Å²) in [5, 5.41) is 18.8. The molecule has 0 atom stereocenters. The third-order valence-electron chi connectivity index (χ3n) is 4.12. The van der Waals surface area contributed by atoms with Crippen LogP contribution in [0.25, 0.3) is 6.08 Å². The van der Waals surface area contributed by atoms with Gasteiger partial charge in [-0.3, -0.25) is 0 Å². The number of aliphatic hydroxyl groups is 1. The van der Waals surface area contributed by atoms with E-state index in [2.05, 4.69) is 4.98 Å². The molecule has 118 valence electrons. The van der Waals surface area contributed by atoms with Crippen LogP contribution >= 0.6 is 0 Å². The smallest absolute Gasteiger partial charge is 0.476 e. The zero-order chi connectivity index (χ0) is 16.5. The molecule has 0 aromatic carbocycles. The van der Waals surface area contributed by atoms with Gasteiger partial charge in [-0.1, -0.05) is 12.1 Å². The molecule has 0 spiro atoms. The highest BCUT2D eigenvalue weighted by Gasteiger charge is 2.52. The van der Waals surface area contributed by atoms with E-state index in [1.54, 1.807) is 18.2 Å². The first kappa shape index (κ1) is 16.7. The number of carboxylic acids is 1. The van der Waals surface area contributed by atoms with Gasteiger partial charge in [-0.05, 0) is 39.2 Å². The van der Waals surface area contributed by atoms with E-state index in [1.165, 1.54) is 6.20 Å². The van der Waals surface area contributed by atoms with Crippen LogP contribution in [-0.4, -0.2) is 46.1 Å². The van der Waals surface area contributed by atoms with Crippen molar-refractivity contribution < 1.29 is 24.3 Å². The second-order valence-corrected chi connectivity index (χ2v) is 6.21. The van der Waals surface area contributed by atoms with Crippen molar-refractivity contribution in [1.29, 1.82) is 0 Å². The van der Waals surface area contributed by atoms with Gasteiger partial charge in [0.2, 0.25) is 0 Å². The first-order chi connectivity index (χ1) is 10.2. The number of aromatic carboxylic acids is 1. The molecule has 0 bridgehead atoms. The molecule has 1 fully saturated rings. The van der Waals surface area contributed by atoms with Gasteiger partial charge in [0, 0.05) is 11.8 Å². The van der Waals surface area contributed by atoms with Crippen LogP contribution in [0.5, 0.6) is 0 Å². The van der Waals surface area contributed by atoms with Crippen LogP contribution in [0.15, 0.2) is 23.8 Å². The maximum absolute atomic E-state index is 11.2. The van der Waals surface area contributed by atoms with Crippen molar-refractivity contribution >= 4 is 19.2 Å². The van der Waals surface area contributed by atoms with Crippen LogP contribution < -0.4 is 0 Å². The summed E-state index contributed by atoms with van der Waals surface area (Å²) in [6.45, 7) is 7.35. The predicted molar refractivity (Wildman–Crippen MR) is 82.3 cm³/mol. The Kier molecular flexibility index (Phi) is 4.42. The van der Waals surface area contributed by atoms with Gasteiger partial charge >= 0.3 is 13.1 Å². The number of nitrogens with zero attached hydrogens (tertiary/aromatic N) is 1. The van der Waals surface area contributed by atoms with Gasteiger partial charge in [-0.15, -0.1) is 0 Å². The molecule has 22 heavy (non-hydrogen) atoms. The van der Waals surface area contributed by atoms with E-state index in [4.69, 9.17) is 14.4 Å². The second-order valence-electron chi connectivity index (χ2n) is 6.21. The molecule has 2 rings (SSSR count). The van der Waals surface area contributed by atoms with E-state index in [1.807, 2.05) is 27.7 Å². The van der Waals surface area contributed by atoms with E-state index >= 15 is 0 Å². The third-order valence-corrected chi connectivity index (χ3v) is 4.12. The van der Waals surface area contributed by atoms with Crippen molar-refractivity contribution in [2.24, 2.45) is 0 Å². The molecule has 1 aromatic heterocycles. The summed E-state index contributed by atoms with van der Waals surface area (Å²) < 4.78 is 11.7. The molecule has 6 nitrogen and oxygen atoms in total. The Morgan fingerprint density at radius 2 is 1.91 bits per heavy atom. The van der Waals surface area contributed by atoms with Gasteiger partial charge in [-0.2, -0.15) is 0 Å². The molecular weight excluding hydrogens is 285 g/mol. The van der Waals surface area contributed by atoms with Gasteiger partial charge in [0.05, 0.1) is 17.8 Å². The SMILES string of the molecule is CC1(C)OB(C(=Cc2cccnc2C(=O)O)CO)OC1(C)C. The number of hydrogen-bond donors (Lipinski definition) is 2. The topological polar surface area (TPSA) is 88.9 Å². The second kappa shape index (κ2) is 5.83. The highest BCUT2D eigenvalue weighted by atomic mass is 16.7. The minimum atomic E-state index is -1.13. The Morgan fingerprint density at radius 1 is 1.32 bits per heavy atom. The number of rotatable bonds is 4. The minimum Gasteiger partial charge on any atom is -0.476 e. The van der Waals surface area contributed by atoms with Crippen molar-refractivity contribution in [3.63, 3.8) is 0 Å². The molecule has 1 aliphatic rings. The van der Waals surface area contributed by atoms with Crippen LogP contribution in [0.2, 0.25) is 0 Å². The lowest BCUT2D eigenvalue weighted by Gasteiger charge is -2.32. The summed E-state index contributed by atoms with van der Waals surface area (Å²) in [5.74, 6) is -1.13. The van der Waals surface area contributed by atoms with Crippen LogP contribution in [0.1, 0.15) is 43.7 Å². The van der Waals surface area contributed by atoms with Gasteiger partial charge in [0.25, 0.3) is 0 Å². The van der Waals surface area contributed by atoms with E-state index in [-0.39, 0.29) is 12.3 Å². The molecule has 0 radical (unpaired) electrons. The zero-order valence-electron chi connectivity index (χ0n) is 13.2. The average Bonchev–Trinajstić information content (AvgIpc) is 2.64. The summed E-state index contributed by atoms with van der Waals surface area (Å²) in [4.78, 5) is 15.0. The monoisotopic (exact) mass is 305 g/mol. The van der Waals surface area contributed by atoms with Crippen LogP contribution in [0, 0.1) is 0 Å². The van der Waals surface area contributed by atoms with Gasteiger partial charge in [0.15, 0.2) is 5.69 Å². The first-order valence-electron chi connectivity index (χ1n) is 7.03. The Morgan fingerprint density at radius 3 is 2.41 bits per heavy atom. The van der Waals surface area contributed by atoms with E-state index in [0.717, 1.165) is 0 Å². The Labute approximate surface area is 129 Å². The fraction of sp³-hybridized carbons (Fsp3) is 0.467. The van der Waals surface area contributed by atoms with Crippen molar-refractivity contribution in [3.8, 4) is 0 Å². The summed E-state index contributed by atoms with van der Waals surface area (Å²) in [6, 6.07) is 3.26. The molecule has 1 aromatic rings. The van der Waals surface area contributed by atoms with Crippen molar-refractivity contribution in [2.45, 2.75) is 38.9 Å². The molecule has 7 heteroatoms. The Hall–Kier alpha value is -1.70. The molecule has 2 heterocycles. The highest BCUT2D eigenvalue weighted by Crippen LogP contribution is 2.38. The number of hydrogen-bond acceptors (Lipinski definition) is 5. The van der Waals surface area contributed by atoms with Gasteiger partial charge in [-0.25, -0.2) is 9.78 Å². The fourth-order valence-electron chi connectivity index (χ4n) is 2.10. The minimum absolute atomic E-state index is 0.0787. The number of carboxylic acid groups (broad SMARTS) is 1. The Balaban J connectivity index is 2.36. The maximum Gasteiger partial charge on any atom is 0.492 e. The number of aliphatic hydroxyl groups excluding tert-OH is 1. The van der Waals surface area contributed by atoms with E-state index in [9.17, 15) is 9.90 Å². The quantitative estimate of drug-likeness (QED) is 0.824. The molecule has 2 N–H and O–H groups in total. The number of aromatic nitrogens is 1. The number of pyridine rings is 1. The lowest BCUT2D eigenvalue weighted by Crippen LogP contribution is -2.41. The lowest BCUT2D eigenvalue weighted by atomic mass is 9.77. The van der Waals surface area contributed by atoms with Gasteiger partial charge in [0.1, 0.15) is 0 Å². The zero-order valence-corrected chi connectivity index (χ0v) is 13.2. The van der Waals surface area contributed by atoms with Crippen LogP contribution in [0.3, 0.4) is 0 Å². The van der Waals surface area contributed by atoms with Crippen LogP contribution in [-0.2, 0) is 9.31 Å². The largest absolute Gasteiger partial charge is 0.492 e. The van der Waals surface area contributed by atoms with E-state index in [0.29, 0.717) is 11.0 Å². The highest BCUT2D eigenvalue weighted by molar-refractivity contribution is 6.55. The molecule has 0 aliphatic carbocycles. The molecule has 0 saturated carbocycles. The van der Waals surface area contributed by atoms with Crippen LogP contribution in [0.4, 0.5) is 0 Å². The van der Waals surface area contributed by atoms with Crippen molar-refractivity contribution in [1.82, 2.24) is 4.98 Å². The fourth-order valence-corrected chi connectivity index (χ4v) is 2.10. The molecule has 0 amide bonds. The molecular formula is C15H20BNO5. The summed E-state index contributed by atoms with van der Waals surface area (Å²) in [5.41, 5.74) is -0.291. The molecule has 0 unspecified atom stereocenters. The average molecular weight is 305 g/mol. The lowest BCUT2D eigenvalue weighted by molar-refractivity contribution is 0.00578. The van der Waals surface area contributed by atoms with Crippen molar-refractivity contribution in [3.05, 3.63) is 35.1 Å². The van der Waals surface area contributed by atoms with E-state index < -0.39 is 24.3 Å².